The molecular formula is C12H14ClN3O. The van der Waals surface area contributed by atoms with E-state index in [2.05, 4.69) is 10.1 Å². The van der Waals surface area contributed by atoms with Crippen LogP contribution >= 0.6 is 11.6 Å². The molecule has 0 amide bonds. The Labute approximate surface area is 105 Å². The van der Waals surface area contributed by atoms with Crippen LogP contribution in [0.1, 0.15) is 22.9 Å². The van der Waals surface area contributed by atoms with Crippen molar-refractivity contribution in [1.82, 2.24) is 14.8 Å². The lowest BCUT2D eigenvalue weighted by molar-refractivity contribution is 0.177. The second kappa shape index (κ2) is 4.85. The molecule has 0 bridgehead atoms. The average Bonchev–Trinajstić information content (AvgIpc) is 2.54. The number of hydrogen-bond acceptors (Lipinski definition) is 3. The van der Waals surface area contributed by atoms with Crippen LogP contribution in [0.3, 0.4) is 0 Å². The number of hydrogen-bond donors (Lipinski definition) is 1. The van der Waals surface area contributed by atoms with Crippen LogP contribution in [0.2, 0.25) is 5.15 Å². The number of aliphatic hydroxyl groups excluding tert-OH is 1. The summed E-state index contributed by atoms with van der Waals surface area (Å²) in [6.45, 7) is 1.84. The highest BCUT2D eigenvalue weighted by Crippen LogP contribution is 2.27. The summed E-state index contributed by atoms with van der Waals surface area (Å²) in [5.74, 6) is 0. The summed E-state index contributed by atoms with van der Waals surface area (Å²) in [6.07, 6.45) is 3.28. The molecule has 1 atom stereocenters. The van der Waals surface area contributed by atoms with E-state index in [1.807, 2.05) is 19.1 Å². The van der Waals surface area contributed by atoms with Crippen LogP contribution < -0.4 is 0 Å². The summed E-state index contributed by atoms with van der Waals surface area (Å²) in [5.41, 5.74) is 2.42. The molecule has 0 saturated heterocycles. The Morgan fingerprint density at radius 1 is 1.53 bits per heavy atom. The van der Waals surface area contributed by atoms with Gasteiger partial charge in [0.2, 0.25) is 0 Å². The maximum absolute atomic E-state index is 10.2. The Morgan fingerprint density at radius 2 is 2.29 bits per heavy atom. The molecule has 0 spiro atoms. The lowest BCUT2D eigenvalue weighted by Gasteiger charge is -2.10. The fourth-order valence-corrected chi connectivity index (χ4v) is 2.17. The third-order valence-corrected chi connectivity index (χ3v) is 3.13. The smallest absolute Gasteiger partial charge is 0.132 e. The molecule has 0 aliphatic carbocycles. The molecule has 90 valence electrons. The lowest BCUT2D eigenvalue weighted by atomic mass is 10.0. The Morgan fingerprint density at radius 3 is 2.82 bits per heavy atom. The van der Waals surface area contributed by atoms with Gasteiger partial charge in [-0.15, -0.1) is 0 Å². The first-order valence-corrected chi connectivity index (χ1v) is 5.73. The molecule has 2 aromatic heterocycles. The first kappa shape index (κ1) is 12.1. The second-order valence-corrected chi connectivity index (χ2v) is 4.35. The molecule has 2 rings (SSSR count). The molecular weight excluding hydrogens is 238 g/mol. The van der Waals surface area contributed by atoms with Gasteiger partial charge in [-0.25, -0.2) is 0 Å². The van der Waals surface area contributed by atoms with Gasteiger partial charge >= 0.3 is 0 Å². The van der Waals surface area contributed by atoms with Gasteiger partial charge in [0.05, 0.1) is 11.8 Å². The molecule has 0 saturated carbocycles. The molecule has 0 aliphatic rings. The molecule has 2 heterocycles. The first-order valence-electron chi connectivity index (χ1n) is 5.35. The fourth-order valence-electron chi connectivity index (χ4n) is 1.87. The van der Waals surface area contributed by atoms with Crippen LogP contribution in [0, 0.1) is 6.92 Å². The van der Waals surface area contributed by atoms with Crippen molar-refractivity contribution in [2.45, 2.75) is 19.4 Å². The van der Waals surface area contributed by atoms with Crippen molar-refractivity contribution >= 4 is 11.6 Å². The van der Waals surface area contributed by atoms with Gasteiger partial charge in [0.25, 0.3) is 0 Å². The molecule has 0 fully saturated rings. The van der Waals surface area contributed by atoms with Gasteiger partial charge in [-0.3, -0.25) is 9.67 Å². The minimum absolute atomic E-state index is 0.485. The summed E-state index contributed by atoms with van der Waals surface area (Å²) in [7, 11) is 1.76. The molecule has 4 nitrogen and oxygen atoms in total. The number of aryl methyl sites for hydroxylation is 2. The Bertz CT molecular complexity index is 510. The zero-order valence-electron chi connectivity index (χ0n) is 9.76. The first-order chi connectivity index (χ1) is 8.09. The van der Waals surface area contributed by atoms with Crippen molar-refractivity contribution < 1.29 is 5.11 Å². The third-order valence-electron chi connectivity index (χ3n) is 2.68. The standard InChI is InChI=1S/C12H14ClN3O/c1-8-11(12(13)16(2)15-8)10(17)6-9-4-3-5-14-7-9/h3-5,7,10,17H,6H2,1-2H3. The van der Waals surface area contributed by atoms with Crippen LogP contribution in [0.15, 0.2) is 24.5 Å². The van der Waals surface area contributed by atoms with Gasteiger partial charge in [-0.1, -0.05) is 17.7 Å². The molecule has 17 heavy (non-hydrogen) atoms. The van der Waals surface area contributed by atoms with E-state index in [1.165, 1.54) is 0 Å². The van der Waals surface area contributed by atoms with E-state index in [1.54, 1.807) is 24.1 Å². The van der Waals surface area contributed by atoms with Crippen molar-refractivity contribution in [2.75, 3.05) is 0 Å². The second-order valence-electron chi connectivity index (χ2n) is 3.99. The Hall–Kier alpha value is -1.39. The van der Waals surface area contributed by atoms with Gasteiger partial charge in [-0.2, -0.15) is 5.10 Å². The summed E-state index contributed by atoms with van der Waals surface area (Å²) in [6, 6.07) is 3.77. The molecule has 1 unspecified atom stereocenters. The van der Waals surface area contributed by atoms with Crippen molar-refractivity contribution in [2.24, 2.45) is 7.05 Å². The quantitative estimate of drug-likeness (QED) is 0.908. The maximum atomic E-state index is 10.2. The number of halogens is 1. The Kier molecular flexibility index (Phi) is 3.45. The number of pyridine rings is 1. The van der Waals surface area contributed by atoms with E-state index in [4.69, 9.17) is 11.6 Å². The molecule has 0 aliphatic heterocycles. The maximum Gasteiger partial charge on any atom is 0.132 e. The van der Waals surface area contributed by atoms with E-state index in [-0.39, 0.29) is 0 Å². The van der Waals surface area contributed by atoms with E-state index >= 15 is 0 Å². The monoisotopic (exact) mass is 251 g/mol. The number of rotatable bonds is 3. The zero-order valence-corrected chi connectivity index (χ0v) is 10.5. The van der Waals surface area contributed by atoms with Crippen molar-refractivity contribution in [3.8, 4) is 0 Å². The van der Waals surface area contributed by atoms with Crippen LogP contribution in [0.25, 0.3) is 0 Å². The van der Waals surface area contributed by atoms with Crippen molar-refractivity contribution in [3.63, 3.8) is 0 Å². The number of aliphatic hydroxyl groups is 1. The van der Waals surface area contributed by atoms with Gasteiger partial charge in [0.1, 0.15) is 5.15 Å². The van der Waals surface area contributed by atoms with Crippen LogP contribution in [0.5, 0.6) is 0 Å². The topological polar surface area (TPSA) is 50.9 Å². The lowest BCUT2D eigenvalue weighted by Crippen LogP contribution is -2.03. The number of nitrogens with zero attached hydrogens (tertiary/aromatic N) is 3. The average molecular weight is 252 g/mol. The van der Waals surface area contributed by atoms with Crippen LogP contribution in [0.4, 0.5) is 0 Å². The van der Waals surface area contributed by atoms with E-state index in [0.717, 1.165) is 11.3 Å². The summed E-state index contributed by atoms with van der Waals surface area (Å²) >= 11 is 6.10. The van der Waals surface area contributed by atoms with E-state index in [0.29, 0.717) is 17.1 Å². The molecule has 1 N–H and O–H groups in total. The molecule has 0 aromatic carbocycles. The van der Waals surface area contributed by atoms with Crippen molar-refractivity contribution in [1.29, 1.82) is 0 Å². The zero-order chi connectivity index (χ0) is 12.4. The van der Waals surface area contributed by atoms with Crippen molar-refractivity contribution in [3.05, 3.63) is 46.5 Å². The fraction of sp³-hybridized carbons (Fsp3) is 0.333. The summed E-state index contributed by atoms with van der Waals surface area (Å²) in [4.78, 5) is 4.02. The highest BCUT2D eigenvalue weighted by Gasteiger charge is 2.19. The van der Waals surface area contributed by atoms with Gasteiger partial charge in [0, 0.05) is 31.4 Å². The van der Waals surface area contributed by atoms with Gasteiger partial charge in [-0.05, 0) is 18.6 Å². The molecule has 2 aromatic rings. The van der Waals surface area contributed by atoms with Crippen LogP contribution in [-0.4, -0.2) is 19.9 Å². The minimum atomic E-state index is -0.652. The number of aromatic nitrogens is 3. The predicted molar refractivity (Wildman–Crippen MR) is 65.9 cm³/mol. The van der Waals surface area contributed by atoms with E-state index < -0.39 is 6.10 Å². The normalized spacial score (nSPS) is 12.7. The highest BCUT2D eigenvalue weighted by molar-refractivity contribution is 6.30. The third kappa shape index (κ3) is 2.48. The Balaban J connectivity index is 2.23. The SMILES string of the molecule is Cc1nn(C)c(Cl)c1C(O)Cc1cccnc1. The van der Waals surface area contributed by atoms with Gasteiger partial charge in [0.15, 0.2) is 0 Å². The van der Waals surface area contributed by atoms with E-state index in [9.17, 15) is 5.11 Å². The summed E-state index contributed by atoms with van der Waals surface area (Å²) in [5, 5.41) is 14.9. The highest BCUT2D eigenvalue weighted by atomic mass is 35.5. The molecule has 0 radical (unpaired) electrons. The predicted octanol–water partition coefficient (Wildman–Crippen LogP) is 2.05. The minimum Gasteiger partial charge on any atom is -0.388 e. The largest absolute Gasteiger partial charge is 0.388 e. The molecule has 5 heteroatoms. The van der Waals surface area contributed by atoms with Gasteiger partial charge < -0.3 is 5.11 Å². The van der Waals surface area contributed by atoms with Crippen LogP contribution in [-0.2, 0) is 13.5 Å². The summed E-state index contributed by atoms with van der Waals surface area (Å²) < 4.78 is 1.57.